The predicted molar refractivity (Wildman–Crippen MR) is 77.3 cm³/mol. The van der Waals surface area contributed by atoms with Crippen molar-refractivity contribution in [3.8, 4) is 0 Å². The van der Waals surface area contributed by atoms with Crippen molar-refractivity contribution < 1.29 is 9.84 Å². The van der Waals surface area contributed by atoms with Gasteiger partial charge >= 0.3 is 0 Å². The van der Waals surface area contributed by atoms with E-state index in [0.717, 1.165) is 23.6 Å². The molecule has 0 spiro atoms. The standard InChI is InChI=1S/C15H22ClNO2/c1-10-8-14(15(18)11(2)19-10)17(3)9-12-6-4-5-7-13(12)16/h4-7,10-11,14-15,18H,8-9H2,1-3H3. The van der Waals surface area contributed by atoms with Crippen LogP contribution in [-0.2, 0) is 11.3 Å². The summed E-state index contributed by atoms with van der Waals surface area (Å²) in [5.74, 6) is 0. The third kappa shape index (κ3) is 3.48. The number of benzene rings is 1. The Bertz CT molecular complexity index is 426. The van der Waals surface area contributed by atoms with Crippen LogP contribution in [0.3, 0.4) is 0 Å². The molecule has 0 saturated carbocycles. The van der Waals surface area contributed by atoms with Gasteiger partial charge in [0.05, 0.1) is 18.3 Å². The van der Waals surface area contributed by atoms with E-state index in [4.69, 9.17) is 16.3 Å². The molecule has 0 aliphatic carbocycles. The van der Waals surface area contributed by atoms with Crippen molar-refractivity contribution in [1.82, 2.24) is 4.90 Å². The van der Waals surface area contributed by atoms with E-state index in [9.17, 15) is 5.11 Å². The van der Waals surface area contributed by atoms with Gasteiger partial charge in [0.15, 0.2) is 0 Å². The second-order valence-corrected chi connectivity index (χ2v) is 5.86. The molecule has 0 bridgehead atoms. The van der Waals surface area contributed by atoms with Crippen molar-refractivity contribution in [1.29, 1.82) is 0 Å². The summed E-state index contributed by atoms with van der Waals surface area (Å²) >= 11 is 6.19. The molecule has 19 heavy (non-hydrogen) atoms. The van der Waals surface area contributed by atoms with Gasteiger partial charge in [-0.2, -0.15) is 0 Å². The van der Waals surface area contributed by atoms with Gasteiger partial charge in [0, 0.05) is 17.6 Å². The molecule has 3 nitrogen and oxygen atoms in total. The van der Waals surface area contributed by atoms with Gasteiger partial charge in [-0.25, -0.2) is 0 Å². The zero-order valence-electron chi connectivity index (χ0n) is 11.7. The van der Waals surface area contributed by atoms with E-state index in [0.29, 0.717) is 0 Å². The summed E-state index contributed by atoms with van der Waals surface area (Å²) in [5, 5.41) is 11.0. The fourth-order valence-electron chi connectivity index (χ4n) is 2.75. The molecule has 106 valence electrons. The maximum absolute atomic E-state index is 10.3. The summed E-state index contributed by atoms with van der Waals surface area (Å²) < 4.78 is 5.65. The molecule has 1 aromatic carbocycles. The van der Waals surface area contributed by atoms with Gasteiger partial charge in [-0.05, 0) is 38.9 Å². The average molecular weight is 284 g/mol. The summed E-state index contributed by atoms with van der Waals surface area (Å²) in [4.78, 5) is 2.17. The largest absolute Gasteiger partial charge is 0.389 e. The van der Waals surface area contributed by atoms with Crippen molar-refractivity contribution in [3.63, 3.8) is 0 Å². The number of hydrogen-bond donors (Lipinski definition) is 1. The average Bonchev–Trinajstić information content (AvgIpc) is 2.36. The zero-order valence-corrected chi connectivity index (χ0v) is 12.5. The maximum atomic E-state index is 10.3. The van der Waals surface area contributed by atoms with Crippen LogP contribution in [0, 0.1) is 0 Å². The quantitative estimate of drug-likeness (QED) is 0.926. The molecule has 1 aliphatic heterocycles. The van der Waals surface area contributed by atoms with Crippen LogP contribution in [0.2, 0.25) is 5.02 Å². The number of rotatable bonds is 3. The van der Waals surface area contributed by atoms with Crippen molar-refractivity contribution in [2.45, 2.75) is 51.2 Å². The highest BCUT2D eigenvalue weighted by molar-refractivity contribution is 6.31. The number of likely N-dealkylation sites (N-methyl/N-ethyl adjacent to an activating group) is 1. The van der Waals surface area contributed by atoms with E-state index in [1.54, 1.807) is 0 Å². The Labute approximate surface area is 120 Å². The highest BCUT2D eigenvalue weighted by atomic mass is 35.5. The first-order chi connectivity index (χ1) is 8.99. The van der Waals surface area contributed by atoms with Gasteiger partial charge in [0.1, 0.15) is 0 Å². The molecule has 2 rings (SSSR count). The molecule has 1 aliphatic rings. The Balaban J connectivity index is 2.06. The van der Waals surface area contributed by atoms with Crippen molar-refractivity contribution in [3.05, 3.63) is 34.9 Å². The molecule has 1 aromatic rings. The molecule has 4 atom stereocenters. The fraction of sp³-hybridized carbons (Fsp3) is 0.600. The van der Waals surface area contributed by atoms with Gasteiger partial charge in [-0.1, -0.05) is 29.8 Å². The lowest BCUT2D eigenvalue weighted by Gasteiger charge is -2.41. The number of hydrogen-bond acceptors (Lipinski definition) is 3. The van der Waals surface area contributed by atoms with E-state index in [1.165, 1.54) is 0 Å². The lowest BCUT2D eigenvalue weighted by atomic mass is 9.95. The predicted octanol–water partition coefficient (Wildman–Crippen LogP) is 2.70. The van der Waals surface area contributed by atoms with Crippen molar-refractivity contribution in [2.24, 2.45) is 0 Å². The third-order valence-electron chi connectivity index (χ3n) is 3.84. The first-order valence-corrected chi connectivity index (χ1v) is 7.14. The van der Waals surface area contributed by atoms with Crippen LogP contribution in [-0.4, -0.2) is 41.4 Å². The minimum atomic E-state index is -0.455. The number of nitrogens with zero attached hydrogens (tertiary/aromatic N) is 1. The SMILES string of the molecule is CC1CC(N(C)Cc2ccccc2Cl)C(O)C(C)O1. The molecular formula is C15H22ClNO2. The van der Waals surface area contributed by atoms with Gasteiger partial charge in [-0.15, -0.1) is 0 Å². The Morgan fingerprint density at radius 2 is 2.05 bits per heavy atom. The van der Waals surface area contributed by atoms with Gasteiger partial charge in [-0.3, -0.25) is 4.90 Å². The first kappa shape index (κ1) is 14.8. The zero-order chi connectivity index (χ0) is 14.0. The van der Waals surface area contributed by atoms with E-state index in [-0.39, 0.29) is 18.2 Å². The minimum Gasteiger partial charge on any atom is -0.389 e. The lowest BCUT2D eigenvalue weighted by Crippen LogP contribution is -2.53. The first-order valence-electron chi connectivity index (χ1n) is 6.76. The van der Waals surface area contributed by atoms with E-state index in [1.807, 2.05) is 38.2 Å². The Morgan fingerprint density at radius 1 is 1.37 bits per heavy atom. The maximum Gasteiger partial charge on any atom is 0.0954 e. The molecule has 1 heterocycles. The smallest absolute Gasteiger partial charge is 0.0954 e. The van der Waals surface area contributed by atoms with E-state index < -0.39 is 6.10 Å². The topological polar surface area (TPSA) is 32.7 Å². The highest BCUT2D eigenvalue weighted by Gasteiger charge is 2.35. The third-order valence-corrected chi connectivity index (χ3v) is 4.21. The molecule has 4 unspecified atom stereocenters. The van der Waals surface area contributed by atoms with Crippen LogP contribution in [0.4, 0.5) is 0 Å². The monoisotopic (exact) mass is 283 g/mol. The molecule has 1 N–H and O–H groups in total. The fourth-order valence-corrected chi connectivity index (χ4v) is 2.94. The Kier molecular flexibility index (Phi) is 4.85. The summed E-state index contributed by atoms with van der Waals surface area (Å²) in [6, 6.07) is 7.95. The van der Waals surface area contributed by atoms with Crippen molar-refractivity contribution in [2.75, 3.05) is 7.05 Å². The summed E-state index contributed by atoms with van der Waals surface area (Å²) in [6.07, 6.45) is 0.440. The van der Waals surface area contributed by atoms with E-state index >= 15 is 0 Å². The van der Waals surface area contributed by atoms with E-state index in [2.05, 4.69) is 11.8 Å². The van der Waals surface area contributed by atoms with Crippen LogP contribution >= 0.6 is 11.6 Å². The van der Waals surface area contributed by atoms with Crippen LogP contribution < -0.4 is 0 Å². The van der Waals surface area contributed by atoms with Crippen molar-refractivity contribution >= 4 is 11.6 Å². The van der Waals surface area contributed by atoms with Gasteiger partial charge in [0.2, 0.25) is 0 Å². The van der Waals surface area contributed by atoms with Crippen LogP contribution in [0.25, 0.3) is 0 Å². The Morgan fingerprint density at radius 3 is 2.74 bits per heavy atom. The minimum absolute atomic E-state index is 0.107. The molecule has 0 aromatic heterocycles. The molecule has 1 saturated heterocycles. The molecule has 0 amide bonds. The summed E-state index contributed by atoms with van der Waals surface area (Å²) in [7, 11) is 2.03. The summed E-state index contributed by atoms with van der Waals surface area (Å²) in [6.45, 7) is 4.72. The normalized spacial score (nSPS) is 31.7. The molecule has 4 heteroatoms. The number of aliphatic hydroxyl groups is 1. The second-order valence-electron chi connectivity index (χ2n) is 5.45. The molecule has 0 radical (unpaired) electrons. The van der Waals surface area contributed by atoms with Gasteiger partial charge < -0.3 is 9.84 Å². The number of ether oxygens (including phenoxy) is 1. The van der Waals surface area contributed by atoms with Crippen LogP contribution in [0.5, 0.6) is 0 Å². The number of halogens is 1. The number of aliphatic hydroxyl groups excluding tert-OH is 1. The molecule has 1 fully saturated rings. The highest BCUT2D eigenvalue weighted by Crippen LogP contribution is 2.25. The Hall–Kier alpha value is -0.610. The van der Waals surface area contributed by atoms with Gasteiger partial charge in [0.25, 0.3) is 0 Å². The lowest BCUT2D eigenvalue weighted by molar-refractivity contribution is -0.138. The summed E-state index contributed by atoms with van der Waals surface area (Å²) in [5.41, 5.74) is 1.09. The second kappa shape index (κ2) is 6.23. The van der Waals surface area contributed by atoms with Crippen LogP contribution in [0.15, 0.2) is 24.3 Å². The van der Waals surface area contributed by atoms with Crippen LogP contribution in [0.1, 0.15) is 25.8 Å². The molecular weight excluding hydrogens is 262 g/mol.